The van der Waals surface area contributed by atoms with Crippen molar-refractivity contribution in [2.75, 3.05) is 18.0 Å². The van der Waals surface area contributed by atoms with Gasteiger partial charge in [0, 0.05) is 30.2 Å². The average Bonchev–Trinajstić information content (AvgIpc) is 2.42. The largest absolute Gasteiger partial charge is 0.329 e. The summed E-state index contributed by atoms with van der Waals surface area (Å²) in [6, 6.07) is 6.79. The van der Waals surface area contributed by atoms with Crippen LogP contribution in [0.2, 0.25) is 5.02 Å². The van der Waals surface area contributed by atoms with E-state index in [2.05, 4.69) is 0 Å². The molecular formula is C16H21ClN2O2. The Morgan fingerprint density at radius 1 is 1.29 bits per heavy atom. The van der Waals surface area contributed by atoms with E-state index in [0.29, 0.717) is 30.5 Å². The van der Waals surface area contributed by atoms with Crippen LogP contribution in [0.4, 0.5) is 5.69 Å². The fourth-order valence-electron chi connectivity index (χ4n) is 2.55. The van der Waals surface area contributed by atoms with Gasteiger partial charge in [-0.3, -0.25) is 9.59 Å². The van der Waals surface area contributed by atoms with E-state index in [-0.39, 0.29) is 11.8 Å². The van der Waals surface area contributed by atoms with Gasteiger partial charge in [0.1, 0.15) is 6.04 Å². The predicted octanol–water partition coefficient (Wildman–Crippen LogP) is 2.95. The number of amides is 2. The zero-order valence-electron chi connectivity index (χ0n) is 12.7. The maximum absolute atomic E-state index is 12.5. The summed E-state index contributed by atoms with van der Waals surface area (Å²) >= 11 is 5.87. The second-order valence-corrected chi connectivity index (χ2v) is 6.26. The molecule has 0 aromatic heterocycles. The third kappa shape index (κ3) is 3.56. The molecule has 2 amide bonds. The van der Waals surface area contributed by atoms with E-state index in [1.807, 2.05) is 26.0 Å². The molecule has 21 heavy (non-hydrogen) atoms. The molecular weight excluding hydrogens is 288 g/mol. The Labute approximate surface area is 130 Å². The van der Waals surface area contributed by atoms with Crippen molar-refractivity contribution < 1.29 is 9.59 Å². The number of hydrogen-bond donors (Lipinski definition) is 0. The maximum Gasteiger partial charge on any atom is 0.249 e. The van der Waals surface area contributed by atoms with Gasteiger partial charge in [-0.15, -0.1) is 0 Å². The summed E-state index contributed by atoms with van der Waals surface area (Å²) in [5.74, 6) is 0.316. The zero-order valence-corrected chi connectivity index (χ0v) is 13.4. The van der Waals surface area contributed by atoms with Crippen LogP contribution < -0.4 is 4.90 Å². The van der Waals surface area contributed by atoms with Crippen molar-refractivity contribution in [3.63, 3.8) is 0 Å². The molecule has 1 atom stereocenters. The Kier molecular flexibility index (Phi) is 4.88. The molecule has 0 saturated carbocycles. The highest BCUT2D eigenvalue weighted by molar-refractivity contribution is 6.30. The molecule has 0 spiro atoms. The smallest absolute Gasteiger partial charge is 0.249 e. The van der Waals surface area contributed by atoms with Crippen molar-refractivity contribution in [1.82, 2.24) is 4.90 Å². The van der Waals surface area contributed by atoms with Gasteiger partial charge in [-0.05, 0) is 37.1 Å². The number of hydrogen-bond acceptors (Lipinski definition) is 2. The summed E-state index contributed by atoms with van der Waals surface area (Å²) in [5.41, 5.74) is 0.826. The minimum Gasteiger partial charge on any atom is -0.329 e. The summed E-state index contributed by atoms with van der Waals surface area (Å²) in [7, 11) is 0. The summed E-state index contributed by atoms with van der Waals surface area (Å²) in [6.45, 7) is 6.90. The fourth-order valence-corrected chi connectivity index (χ4v) is 2.68. The van der Waals surface area contributed by atoms with Gasteiger partial charge in [0.05, 0.1) is 0 Å². The van der Waals surface area contributed by atoms with Crippen molar-refractivity contribution in [2.24, 2.45) is 5.92 Å². The van der Waals surface area contributed by atoms with E-state index in [1.165, 1.54) is 0 Å². The van der Waals surface area contributed by atoms with Gasteiger partial charge in [-0.1, -0.05) is 25.4 Å². The van der Waals surface area contributed by atoms with Gasteiger partial charge in [-0.2, -0.15) is 0 Å². The van der Waals surface area contributed by atoms with Gasteiger partial charge in [0.25, 0.3) is 0 Å². The molecule has 0 aliphatic carbocycles. The second kappa shape index (κ2) is 6.48. The van der Waals surface area contributed by atoms with Crippen LogP contribution in [-0.2, 0) is 9.59 Å². The average molecular weight is 309 g/mol. The standard InChI is InChI=1S/C16H21ClN2O2/c1-11(2)10-15(20)18-8-9-19(16(21)12(18)3)14-6-4-13(17)5-7-14/h4-7,11-12H,8-10H2,1-3H3/t12-/m1/s1. The minimum absolute atomic E-state index is 0.0410. The molecule has 1 fully saturated rings. The SMILES string of the molecule is CC(C)CC(=O)N1CCN(c2ccc(Cl)cc2)C(=O)[C@H]1C. The molecule has 0 N–H and O–H groups in total. The molecule has 1 aromatic carbocycles. The van der Waals surface area contributed by atoms with Crippen LogP contribution in [0.1, 0.15) is 27.2 Å². The third-order valence-corrected chi connectivity index (χ3v) is 3.95. The Balaban J connectivity index is 2.10. The molecule has 1 heterocycles. The highest BCUT2D eigenvalue weighted by Crippen LogP contribution is 2.23. The highest BCUT2D eigenvalue weighted by atomic mass is 35.5. The molecule has 4 nitrogen and oxygen atoms in total. The first-order valence-corrected chi connectivity index (χ1v) is 7.64. The number of carbonyl (C=O) groups excluding carboxylic acids is 2. The first kappa shape index (κ1) is 15.8. The lowest BCUT2D eigenvalue weighted by Gasteiger charge is -2.39. The third-order valence-electron chi connectivity index (χ3n) is 3.70. The van der Waals surface area contributed by atoms with Crippen LogP contribution in [0.3, 0.4) is 0 Å². The van der Waals surface area contributed by atoms with Crippen molar-refractivity contribution in [2.45, 2.75) is 33.2 Å². The van der Waals surface area contributed by atoms with Gasteiger partial charge in [-0.25, -0.2) is 0 Å². The summed E-state index contributed by atoms with van der Waals surface area (Å²) in [4.78, 5) is 28.1. The number of anilines is 1. The molecule has 5 heteroatoms. The summed E-state index contributed by atoms with van der Waals surface area (Å²) in [5, 5.41) is 0.644. The van der Waals surface area contributed by atoms with Crippen molar-refractivity contribution in [3.05, 3.63) is 29.3 Å². The van der Waals surface area contributed by atoms with Gasteiger partial charge in [0.2, 0.25) is 11.8 Å². The predicted molar refractivity (Wildman–Crippen MR) is 84.4 cm³/mol. The Morgan fingerprint density at radius 3 is 2.48 bits per heavy atom. The lowest BCUT2D eigenvalue weighted by molar-refractivity contribution is -0.141. The van der Waals surface area contributed by atoms with E-state index < -0.39 is 6.04 Å². The van der Waals surface area contributed by atoms with E-state index >= 15 is 0 Å². The molecule has 0 radical (unpaired) electrons. The summed E-state index contributed by atoms with van der Waals surface area (Å²) in [6.07, 6.45) is 0.485. The Morgan fingerprint density at radius 2 is 1.90 bits per heavy atom. The number of rotatable bonds is 3. The lowest BCUT2D eigenvalue weighted by atomic mass is 10.1. The first-order valence-electron chi connectivity index (χ1n) is 7.26. The van der Waals surface area contributed by atoms with Crippen LogP contribution >= 0.6 is 11.6 Å². The lowest BCUT2D eigenvalue weighted by Crippen LogP contribution is -2.57. The molecule has 114 valence electrons. The molecule has 1 aliphatic heterocycles. The van der Waals surface area contributed by atoms with E-state index in [1.54, 1.807) is 28.9 Å². The fraction of sp³-hybridized carbons (Fsp3) is 0.500. The molecule has 1 saturated heterocycles. The van der Waals surface area contributed by atoms with E-state index in [4.69, 9.17) is 11.6 Å². The number of nitrogens with zero attached hydrogens (tertiary/aromatic N) is 2. The molecule has 0 bridgehead atoms. The second-order valence-electron chi connectivity index (χ2n) is 5.83. The highest BCUT2D eigenvalue weighted by Gasteiger charge is 2.34. The van der Waals surface area contributed by atoms with Crippen LogP contribution in [0.5, 0.6) is 0 Å². The molecule has 1 aliphatic rings. The van der Waals surface area contributed by atoms with Gasteiger partial charge < -0.3 is 9.80 Å². The zero-order chi connectivity index (χ0) is 15.6. The van der Waals surface area contributed by atoms with Crippen LogP contribution in [0, 0.1) is 5.92 Å². The number of halogens is 1. The first-order chi connectivity index (χ1) is 9.90. The number of benzene rings is 1. The van der Waals surface area contributed by atoms with Crippen molar-refractivity contribution in [1.29, 1.82) is 0 Å². The number of carbonyl (C=O) groups is 2. The minimum atomic E-state index is -0.416. The van der Waals surface area contributed by atoms with Gasteiger partial charge in [0.15, 0.2) is 0 Å². The van der Waals surface area contributed by atoms with Crippen molar-refractivity contribution >= 4 is 29.1 Å². The Bertz CT molecular complexity index is 528. The molecule has 1 aromatic rings. The van der Waals surface area contributed by atoms with E-state index in [0.717, 1.165) is 5.69 Å². The van der Waals surface area contributed by atoms with Crippen LogP contribution in [-0.4, -0.2) is 35.8 Å². The van der Waals surface area contributed by atoms with Crippen LogP contribution in [0.25, 0.3) is 0 Å². The summed E-state index contributed by atoms with van der Waals surface area (Å²) < 4.78 is 0. The van der Waals surface area contributed by atoms with E-state index in [9.17, 15) is 9.59 Å². The topological polar surface area (TPSA) is 40.6 Å². The van der Waals surface area contributed by atoms with Crippen molar-refractivity contribution in [3.8, 4) is 0 Å². The quantitative estimate of drug-likeness (QED) is 0.861. The van der Waals surface area contributed by atoms with Crippen LogP contribution in [0.15, 0.2) is 24.3 Å². The molecule has 2 rings (SSSR count). The monoisotopic (exact) mass is 308 g/mol. The normalized spacial score (nSPS) is 19.3. The molecule has 0 unspecified atom stereocenters. The Hall–Kier alpha value is -1.55. The number of piperazine rings is 1. The van der Waals surface area contributed by atoms with Gasteiger partial charge >= 0.3 is 0 Å². The maximum atomic E-state index is 12.5.